The first-order chi connectivity index (χ1) is 23.5. The summed E-state index contributed by atoms with van der Waals surface area (Å²) in [7, 11) is -2.81. The highest BCUT2D eigenvalue weighted by Gasteiger charge is 2.35. The van der Waals surface area contributed by atoms with Crippen molar-refractivity contribution in [1.29, 1.82) is 0 Å². The van der Waals surface area contributed by atoms with Crippen LogP contribution < -0.4 is 14.4 Å². The minimum atomic E-state index is -4.27. The Bertz CT molecular complexity index is 1830. The van der Waals surface area contributed by atoms with E-state index in [-0.39, 0.29) is 40.5 Å². The molecule has 11 heteroatoms. The SMILES string of the molecule is COc1ccc(N(CC(=O)N(Cc2ccc(Cl)cc2)C(Cc2ccccc2)C(=O)NC2CCCCC2)S(=O)(=O)c2ccc(C)cc2)cc1Cl. The zero-order valence-electron chi connectivity index (χ0n) is 27.6. The van der Waals surface area contributed by atoms with E-state index in [2.05, 4.69) is 5.32 Å². The lowest BCUT2D eigenvalue weighted by atomic mass is 9.94. The van der Waals surface area contributed by atoms with Gasteiger partial charge in [-0.1, -0.05) is 103 Å². The Hall–Kier alpha value is -4.05. The van der Waals surface area contributed by atoms with Crippen LogP contribution in [0.15, 0.2) is 102 Å². The van der Waals surface area contributed by atoms with Crippen molar-refractivity contribution in [2.75, 3.05) is 18.0 Å². The molecule has 4 aromatic rings. The second kappa shape index (κ2) is 16.6. The first-order valence-electron chi connectivity index (χ1n) is 16.4. The summed E-state index contributed by atoms with van der Waals surface area (Å²) in [6.07, 6.45) is 5.15. The summed E-state index contributed by atoms with van der Waals surface area (Å²) in [4.78, 5) is 30.5. The summed E-state index contributed by atoms with van der Waals surface area (Å²) in [6.45, 7) is 1.32. The molecule has 0 aromatic heterocycles. The molecule has 4 aromatic carbocycles. The van der Waals surface area contributed by atoms with E-state index in [1.807, 2.05) is 37.3 Å². The highest BCUT2D eigenvalue weighted by atomic mass is 35.5. The van der Waals surface area contributed by atoms with Gasteiger partial charge in [-0.3, -0.25) is 13.9 Å². The number of benzene rings is 4. The molecule has 0 spiro atoms. The van der Waals surface area contributed by atoms with E-state index in [4.69, 9.17) is 27.9 Å². The normalized spacial score (nSPS) is 14.1. The van der Waals surface area contributed by atoms with Gasteiger partial charge in [-0.2, -0.15) is 0 Å². The van der Waals surface area contributed by atoms with Gasteiger partial charge in [0.2, 0.25) is 11.8 Å². The third-order valence-corrected chi connectivity index (χ3v) is 11.1. The van der Waals surface area contributed by atoms with Crippen LogP contribution in [-0.4, -0.2) is 50.9 Å². The standard InChI is InChI=1S/C38H41Cl2N3O5S/c1-27-13-20-33(21-14-27)49(46,47)43(32-19-22-36(48-2)34(40)24-32)26-37(44)42(25-29-15-17-30(39)18-16-29)35(23-28-9-5-3-6-10-28)38(45)41-31-11-7-4-8-12-31/h3,5-6,9-10,13-22,24,31,35H,4,7-8,11-12,23,25-26H2,1-2H3,(H,41,45). The fraction of sp³-hybridized carbons (Fsp3) is 0.316. The molecule has 0 aliphatic heterocycles. The van der Waals surface area contributed by atoms with Crippen molar-refractivity contribution in [2.45, 2.75) is 69.0 Å². The topological polar surface area (TPSA) is 96.0 Å². The predicted molar refractivity (Wildman–Crippen MR) is 195 cm³/mol. The number of ether oxygens (including phenoxy) is 1. The monoisotopic (exact) mass is 721 g/mol. The molecule has 1 aliphatic rings. The molecule has 1 N–H and O–H groups in total. The molecule has 0 bridgehead atoms. The summed E-state index contributed by atoms with van der Waals surface area (Å²) in [5.41, 5.74) is 2.67. The smallest absolute Gasteiger partial charge is 0.264 e. The van der Waals surface area contributed by atoms with Crippen LogP contribution in [0.4, 0.5) is 5.69 Å². The number of nitrogens with one attached hydrogen (secondary N) is 1. The third-order valence-electron chi connectivity index (χ3n) is 8.80. The Morgan fingerprint density at radius 2 is 1.55 bits per heavy atom. The fourth-order valence-corrected chi connectivity index (χ4v) is 7.85. The van der Waals surface area contributed by atoms with Crippen LogP contribution in [0.2, 0.25) is 10.0 Å². The number of amides is 2. The first kappa shape index (κ1) is 36.2. The molecule has 49 heavy (non-hydrogen) atoms. The van der Waals surface area contributed by atoms with Crippen LogP contribution in [0.1, 0.15) is 48.8 Å². The lowest BCUT2D eigenvalue weighted by Gasteiger charge is -2.35. The zero-order valence-corrected chi connectivity index (χ0v) is 30.0. The maximum absolute atomic E-state index is 14.7. The highest BCUT2D eigenvalue weighted by molar-refractivity contribution is 7.92. The summed E-state index contributed by atoms with van der Waals surface area (Å²) >= 11 is 12.7. The van der Waals surface area contributed by atoms with E-state index in [0.717, 1.165) is 53.1 Å². The van der Waals surface area contributed by atoms with E-state index in [9.17, 15) is 18.0 Å². The maximum Gasteiger partial charge on any atom is 0.264 e. The lowest BCUT2D eigenvalue weighted by Crippen LogP contribution is -2.55. The second-order valence-electron chi connectivity index (χ2n) is 12.3. The molecule has 0 radical (unpaired) electrons. The highest BCUT2D eigenvalue weighted by Crippen LogP contribution is 2.32. The molecular weight excluding hydrogens is 681 g/mol. The van der Waals surface area contributed by atoms with E-state index in [1.54, 1.807) is 48.5 Å². The van der Waals surface area contributed by atoms with Crippen LogP contribution in [0, 0.1) is 6.92 Å². The quantitative estimate of drug-likeness (QED) is 0.154. The van der Waals surface area contributed by atoms with Gasteiger partial charge in [0.15, 0.2) is 0 Å². The van der Waals surface area contributed by atoms with Crippen LogP contribution in [0.5, 0.6) is 5.75 Å². The van der Waals surface area contributed by atoms with Crippen molar-refractivity contribution in [3.8, 4) is 5.75 Å². The van der Waals surface area contributed by atoms with Gasteiger partial charge < -0.3 is 15.0 Å². The number of carbonyl (C=O) groups excluding carboxylic acids is 2. The molecule has 1 unspecified atom stereocenters. The largest absolute Gasteiger partial charge is 0.495 e. The molecule has 1 atom stereocenters. The van der Waals surface area contributed by atoms with E-state index >= 15 is 0 Å². The van der Waals surface area contributed by atoms with E-state index < -0.39 is 28.5 Å². The fourth-order valence-electron chi connectivity index (χ4n) is 6.06. The summed E-state index contributed by atoms with van der Waals surface area (Å²) in [6, 6.07) is 26.6. The van der Waals surface area contributed by atoms with Gasteiger partial charge in [-0.05, 0) is 73.4 Å². The summed E-state index contributed by atoms with van der Waals surface area (Å²) in [5, 5.41) is 3.93. The first-order valence-corrected chi connectivity index (χ1v) is 18.6. The van der Waals surface area contributed by atoms with E-state index in [1.165, 1.54) is 30.2 Å². The summed E-state index contributed by atoms with van der Waals surface area (Å²) in [5.74, 6) is -0.480. The average Bonchev–Trinajstić information content (AvgIpc) is 3.10. The van der Waals surface area contributed by atoms with Gasteiger partial charge in [0.1, 0.15) is 18.3 Å². The molecule has 0 saturated heterocycles. The van der Waals surface area contributed by atoms with Crippen molar-refractivity contribution in [3.05, 3.63) is 124 Å². The molecular formula is C38H41Cl2N3O5S. The number of anilines is 1. The molecule has 8 nitrogen and oxygen atoms in total. The number of rotatable bonds is 13. The second-order valence-corrected chi connectivity index (χ2v) is 15.0. The molecule has 1 fully saturated rings. The number of sulfonamides is 1. The van der Waals surface area contributed by atoms with Crippen molar-refractivity contribution < 1.29 is 22.7 Å². The lowest BCUT2D eigenvalue weighted by molar-refractivity contribution is -0.140. The van der Waals surface area contributed by atoms with Gasteiger partial charge in [-0.15, -0.1) is 0 Å². The van der Waals surface area contributed by atoms with Crippen LogP contribution in [0.25, 0.3) is 0 Å². The van der Waals surface area contributed by atoms with Crippen molar-refractivity contribution in [3.63, 3.8) is 0 Å². The minimum Gasteiger partial charge on any atom is -0.495 e. The third kappa shape index (κ3) is 9.35. The molecule has 258 valence electrons. The van der Waals surface area contributed by atoms with E-state index in [0.29, 0.717) is 10.8 Å². The van der Waals surface area contributed by atoms with Crippen LogP contribution >= 0.6 is 23.2 Å². The Kier molecular flexibility index (Phi) is 12.3. The predicted octanol–water partition coefficient (Wildman–Crippen LogP) is 7.59. The zero-order chi connectivity index (χ0) is 35.0. The van der Waals surface area contributed by atoms with Gasteiger partial charge in [0.05, 0.1) is 22.7 Å². The van der Waals surface area contributed by atoms with Crippen molar-refractivity contribution in [1.82, 2.24) is 10.2 Å². The number of carbonyl (C=O) groups is 2. The van der Waals surface area contributed by atoms with Gasteiger partial charge in [0, 0.05) is 24.0 Å². The molecule has 2 amide bonds. The molecule has 1 saturated carbocycles. The van der Waals surface area contributed by atoms with Gasteiger partial charge in [-0.25, -0.2) is 8.42 Å². The van der Waals surface area contributed by atoms with Crippen LogP contribution in [0.3, 0.4) is 0 Å². The molecule has 1 aliphatic carbocycles. The average molecular weight is 723 g/mol. The van der Waals surface area contributed by atoms with Gasteiger partial charge in [0.25, 0.3) is 10.0 Å². The van der Waals surface area contributed by atoms with Gasteiger partial charge >= 0.3 is 0 Å². The minimum absolute atomic E-state index is 0.00635. The Balaban J connectivity index is 1.58. The van der Waals surface area contributed by atoms with Crippen molar-refractivity contribution in [2.24, 2.45) is 0 Å². The number of hydrogen-bond acceptors (Lipinski definition) is 5. The van der Waals surface area contributed by atoms with Crippen molar-refractivity contribution >= 4 is 50.7 Å². The Morgan fingerprint density at radius 3 is 2.18 bits per heavy atom. The molecule has 0 heterocycles. The number of nitrogens with zero attached hydrogens (tertiary/aromatic N) is 2. The maximum atomic E-state index is 14.7. The van der Waals surface area contributed by atoms with Crippen LogP contribution in [-0.2, 0) is 32.6 Å². The number of halogens is 2. The number of hydrogen-bond donors (Lipinski definition) is 1. The number of methoxy groups -OCH3 is 1. The Morgan fingerprint density at radius 1 is 0.878 bits per heavy atom. The Labute approximate surface area is 299 Å². The molecule has 5 rings (SSSR count). The summed E-state index contributed by atoms with van der Waals surface area (Å²) < 4.78 is 35.0. The number of aryl methyl sites for hydroxylation is 1.